The monoisotopic (exact) mass is 413 g/mol. The summed E-state index contributed by atoms with van der Waals surface area (Å²) in [6.07, 6.45) is 1.27. The van der Waals surface area contributed by atoms with Crippen molar-refractivity contribution in [2.45, 2.75) is 45.4 Å². The minimum atomic E-state index is -0.570. The fourth-order valence-electron chi connectivity index (χ4n) is 3.59. The molecule has 0 spiro atoms. The minimum Gasteiger partial charge on any atom is -0.370 e. The van der Waals surface area contributed by atoms with E-state index in [1.165, 1.54) is 11.3 Å². The number of fused-ring (bicyclic) bond motifs is 3. The maximum absolute atomic E-state index is 13.1. The Balaban J connectivity index is 1.55. The number of thiophene rings is 1. The molecule has 3 aromatic rings. The van der Waals surface area contributed by atoms with E-state index in [1.807, 2.05) is 44.2 Å². The van der Waals surface area contributed by atoms with Crippen LogP contribution in [0.4, 0.5) is 0 Å². The van der Waals surface area contributed by atoms with Crippen LogP contribution in [0.3, 0.4) is 0 Å². The molecule has 8 heteroatoms. The average Bonchev–Trinajstić information content (AvgIpc) is 3.02. The molecule has 1 aromatic carbocycles. The Morgan fingerprint density at radius 3 is 2.79 bits per heavy atom. The molecule has 2 aromatic heterocycles. The maximum atomic E-state index is 13.1. The Morgan fingerprint density at radius 1 is 1.28 bits per heavy atom. The molecule has 0 unspecified atom stereocenters. The number of carbonyl (C=O) groups excluding carboxylic acids is 1. The zero-order valence-electron chi connectivity index (χ0n) is 16.4. The number of aromatic amines is 1. The van der Waals surface area contributed by atoms with Crippen LogP contribution in [0, 0.1) is 0 Å². The molecule has 0 aliphatic carbocycles. The first-order valence-electron chi connectivity index (χ1n) is 9.56. The number of ether oxygens (including phenoxy) is 1. The number of hydrogen-bond acceptors (Lipinski definition) is 5. The van der Waals surface area contributed by atoms with Crippen molar-refractivity contribution in [1.29, 1.82) is 0 Å². The lowest BCUT2D eigenvalue weighted by Gasteiger charge is -2.29. The molecule has 2 N–H and O–H groups in total. The van der Waals surface area contributed by atoms with Crippen molar-refractivity contribution < 1.29 is 9.53 Å². The van der Waals surface area contributed by atoms with Gasteiger partial charge in [-0.05, 0) is 31.4 Å². The number of carbonyl (C=O) groups is 1. The van der Waals surface area contributed by atoms with Crippen molar-refractivity contribution in [3.8, 4) is 0 Å². The van der Waals surface area contributed by atoms with E-state index in [-0.39, 0.29) is 18.1 Å². The third kappa shape index (κ3) is 4.04. The summed E-state index contributed by atoms with van der Waals surface area (Å²) in [7, 11) is 0. The Labute approximate surface area is 171 Å². The number of amides is 1. The molecule has 1 amide bonds. The summed E-state index contributed by atoms with van der Waals surface area (Å²) in [6, 6.07) is 9.80. The zero-order chi connectivity index (χ0) is 20.6. The molecule has 0 radical (unpaired) electrons. The number of benzene rings is 1. The lowest BCUT2D eigenvalue weighted by Crippen LogP contribution is -2.41. The molecular formula is C21H23N3O4S. The van der Waals surface area contributed by atoms with Gasteiger partial charge in [-0.25, -0.2) is 4.79 Å². The number of rotatable bonds is 5. The normalized spacial score (nSPS) is 15.2. The Kier molecular flexibility index (Phi) is 5.14. The highest BCUT2D eigenvalue weighted by atomic mass is 32.1. The van der Waals surface area contributed by atoms with E-state index in [9.17, 15) is 14.4 Å². The quantitative estimate of drug-likeness (QED) is 0.669. The summed E-state index contributed by atoms with van der Waals surface area (Å²) in [5.74, 6) is -0.361. The van der Waals surface area contributed by atoms with Gasteiger partial charge in [-0.2, -0.15) is 0 Å². The van der Waals surface area contributed by atoms with Crippen molar-refractivity contribution in [3.63, 3.8) is 0 Å². The fraction of sp³-hybridized carbons (Fsp3) is 0.381. The van der Waals surface area contributed by atoms with E-state index in [1.54, 1.807) is 0 Å². The zero-order valence-corrected chi connectivity index (χ0v) is 17.2. The molecule has 1 aliphatic heterocycles. The highest BCUT2D eigenvalue weighted by molar-refractivity contribution is 7.18. The van der Waals surface area contributed by atoms with Crippen molar-refractivity contribution in [2.75, 3.05) is 6.54 Å². The molecular weight excluding hydrogens is 390 g/mol. The van der Waals surface area contributed by atoms with Crippen LogP contribution in [0.25, 0.3) is 10.2 Å². The van der Waals surface area contributed by atoms with Crippen molar-refractivity contribution >= 4 is 27.5 Å². The highest BCUT2D eigenvalue weighted by Crippen LogP contribution is 2.36. The summed E-state index contributed by atoms with van der Waals surface area (Å²) in [5.41, 5.74) is 0.666. The van der Waals surface area contributed by atoms with E-state index in [0.717, 1.165) is 20.6 Å². The van der Waals surface area contributed by atoms with Crippen LogP contribution in [0.15, 0.2) is 39.9 Å². The second-order valence-corrected chi connectivity index (χ2v) is 8.95. The second kappa shape index (κ2) is 7.61. The van der Waals surface area contributed by atoms with Gasteiger partial charge in [0, 0.05) is 17.8 Å². The van der Waals surface area contributed by atoms with Gasteiger partial charge in [-0.3, -0.25) is 19.1 Å². The van der Waals surface area contributed by atoms with E-state index < -0.39 is 11.2 Å². The van der Waals surface area contributed by atoms with Crippen LogP contribution in [-0.4, -0.2) is 27.6 Å². The van der Waals surface area contributed by atoms with Crippen LogP contribution >= 0.6 is 11.3 Å². The number of nitrogens with zero attached hydrogens (tertiary/aromatic N) is 1. The Hall–Kier alpha value is -2.71. The molecule has 7 nitrogen and oxygen atoms in total. The highest BCUT2D eigenvalue weighted by Gasteiger charge is 2.31. The fourth-order valence-corrected chi connectivity index (χ4v) is 4.71. The molecule has 152 valence electrons. The molecule has 29 heavy (non-hydrogen) atoms. The molecule has 0 fully saturated rings. The molecule has 0 saturated heterocycles. The van der Waals surface area contributed by atoms with Gasteiger partial charge >= 0.3 is 5.69 Å². The predicted octanol–water partition coefficient (Wildman–Crippen LogP) is 1.96. The molecule has 3 heterocycles. The summed E-state index contributed by atoms with van der Waals surface area (Å²) < 4.78 is 6.79. The molecule has 1 aliphatic rings. The number of aromatic nitrogens is 2. The Bertz CT molecular complexity index is 1170. The van der Waals surface area contributed by atoms with E-state index in [4.69, 9.17) is 4.74 Å². The van der Waals surface area contributed by atoms with Crippen molar-refractivity contribution in [3.05, 3.63) is 67.2 Å². The van der Waals surface area contributed by atoms with Gasteiger partial charge in [0.2, 0.25) is 5.91 Å². The summed E-state index contributed by atoms with van der Waals surface area (Å²) in [6.45, 7) is 4.51. The van der Waals surface area contributed by atoms with Crippen LogP contribution in [0.5, 0.6) is 0 Å². The third-order valence-corrected chi connectivity index (χ3v) is 6.21. The van der Waals surface area contributed by atoms with Crippen LogP contribution in [-0.2, 0) is 35.5 Å². The van der Waals surface area contributed by atoms with Crippen molar-refractivity contribution in [1.82, 2.24) is 14.9 Å². The van der Waals surface area contributed by atoms with Gasteiger partial charge in [0.05, 0.1) is 17.6 Å². The summed E-state index contributed by atoms with van der Waals surface area (Å²) >= 11 is 1.37. The van der Waals surface area contributed by atoms with Gasteiger partial charge in [0.1, 0.15) is 11.4 Å². The molecule has 0 saturated carbocycles. The van der Waals surface area contributed by atoms with Gasteiger partial charge < -0.3 is 10.1 Å². The molecule has 0 bridgehead atoms. The predicted molar refractivity (Wildman–Crippen MR) is 112 cm³/mol. The third-order valence-electron chi connectivity index (χ3n) is 5.09. The largest absolute Gasteiger partial charge is 0.370 e. The topological polar surface area (TPSA) is 93.2 Å². The van der Waals surface area contributed by atoms with E-state index >= 15 is 0 Å². The summed E-state index contributed by atoms with van der Waals surface area (Å²) in [4.78, 5) is 42.1. The average molecular weight is 413 g/mol. The van der Waals surface area contributed by atoms with Crippen LogP contribution < -0.4 is 16.6 Å². The standard InChI is InChI=1S/C21H23N3O4S/c1-21(2)10-14-15(12-28-21)29-18-17(14)19(26)24(20(27)23-18)11-16(25)22-9-8-13-6-4-3-5-7-13/h3-7H,8-12H2,1-2H3,(H,22,25)(H,23,27). The SMILES string of the molecule is CC1(C)Cc2c(sc3[nH]c(=O)n(CC(=O)NCCc4ccccc4)c(=O)c23)CO1. The van der Waals surface area contributed by atoms with Gasteiger partial charge in [0.15, 0.2) is 0 Å². The number of nitrogens with one attached hydrogen (secondary N) is 2. The van der Waals surface area contributed by atoms with Crippen LogP contribution in [0.1, 0.15) is 29.9 Å². The smallest absolute Gasteiger partial charge is 0.329 e. The van der Waals surface area contributed by atoms with Gasteiger partial charge in [-0.1, -0.05) is 30.3 Å². The Morgan fingerprint density at radius 2 is 2.03 bits per heavy atom. The van der Waals surface area contributed by atoms with Crippen molar-refractivity contribution in [2.24, 2.45) is 0 Å². The molecule has 0 atom stereocenters. The van der Waals surface area contributed by atoms with Crippen LogP contribution in [0.2, 0.25) is 0 Å². The summed E-state index contributed by atoms with van der Waals surface area (Å²) in [5, 5.41) is 3.28. The number of H-pyrrole nitrogens is 1. The first kappa shape index (κ1) is 19.6. The van der Waals surface area contributed by atoms with E-state index in [0.29, 0.717) is 36.2 Å². The maximum Gasteiger partial charge on any atom is 0.329 e. The lowest BCUT2D eigenvalue weighted by atomic mass is 9.94. The minimum absolute atomic E-state index is 0.302. The number of hydrogen-bond donors (Lipinski definition) is 2. The first-order valence-corrected chi connectivity index (χ1v) is 10.4. The van der Waals surface area contributed by atoms with Gasteiger partial charge in [-0.15, -0.1) is 11.3 Å². The van der Waals surface area contributed by atoms with E-state index in [2.05, 4.69) is 10.3 Å². The second-order valence-electron chi connectivity index (χ2n) is 7.84. The molecule has 4 rings (SSSR count). The first-order chi connectivity index (χ1) is 13.8. The van der Waals surface area contributed by atoms with Gasteiger partial charge in [0.25, 0.3) is 5.56 Å². The lowest BCUT2D eigenvalue weighted by molar-refractivity contribution is -0.121.